The third-order valence-electron chi connectivity index (χ3n) is 14.9. The first-order chi connectivity index (χ1) is 27.1. The molecule has 0 radical (unpaired) electrons. The Bertz CT molecular complexity index is 2940. The van der Waals surface area contributed by atoms with Crippen LogP contribution in [0.5, 0.6) is 0 Å². The highest BCUT2D eigenvalue weighted by atomic mass is 127. The van der Waals surface area contributed by atoms with Gasteiger partial charge in [-0.25, -0.2) is 0 Å². The first-order valence-electron chi connectivity index (χ1n) is 20.5. The zero-order valence-electron chi connectivity index (χ0n) is 32.4. The molecule has 1 aliphatic heterocycles. The normalized spacial score (nSPS) is 22.2. The maximum atomic E-state index is 6.64. The number of ether oxygens (including phenoxy) is 6. The molecule has 0 amide bonds. The van der Waals surface area contributed by atoms with Crippen LogP contribution in [0.2, 0.25) is 0 Å². The van der Waals surface area contributed by atoms with Gasteiger partial charge in [-0.2, -0.15) is 0 Å². The van der Waals surface area contributed by atoms with Crippen molar-refractivity contribution in [2.75, 3.05) is 100 Å². The molecule has 4 unspecified atom stereocenters. The maximum Gasteiger partial charge on any atom is 0.120 e. The summed E-state index contributed by atoms with van der Waals surface area (Å²) in [5, 5.41) is 24.7. The first kappa shape index (κ1) is 34.8. The highest BCUT2D eigenvalue weighted by Gasteiger charge is 2.56. The van der Waals surface area contributed by atoms with E-state index in [4.69, 9.17) is 28.4 Å². The molecule has 0 N–H and O–H groups in total. The number of fused-ring (bicyclic) bond motifs is 3. The molecular formula is C48H46INO6. The fourth-order valence-corrected chi connectivity index (χ4v) is 12.9. The number of halogens is 1. The van der Waals surface area contributed by atoms with Gasteiger partial charge in [0.15, 0.2) is 0 Å². The van der Waals surface area contributed by atoms with Crippen LogP contribution in [0.4, 0.5) is 0 Å². The number of benzene rings is 7. The number of hydrogen-bond donors (Lipinski definition) is 0. The van der Waals surface area contributed by atoms with E-state index in [1.807, 2.05) is 0 Å². The number of likely N-dealkylation sites (N-methyl/N-ethyl adjacent to an activating group) is 1. The number of methoxy groups -OCH3 is 2. The van der Waals surface area contributed by atoms with Crippen LogP contribution in [0.3, 0.4) is 0 Å². The Kier molecular flexibility index (Phi) is 7.72. The summed E-state index contributed by atoms with van der Waals surface area (Å²) < 4.78 is 35.7. The lowest BCUT2D eigenvalue weighted by Gasteiger charge is -2.38. The predicted octanol–water partition coefficient (Wildman–Crippen LogP) is 5.28. The molecular weight excluding hydrogens is 813 g/mol. The van der Waals surface area contributed by atoms with Gasteiger partial charge < -0.3 is 56.9 Å². The molecule has 56 heavy (non-hydrogen) atoms. The molecule has 7 nitrogen and oxygen atoms in total. The zero-order chi connectivity index (χ0) is 36.3. The van der Waals surface area contributed by atoms with Gasteiger partial charge in [0.1, 0.15) is 12.6 Å². The molecule has 9 aromatic rings. The average Bonchev–Trinajstić information content (AvgIpc) is 3.98. The second-order valence-electron chi connectivity index (χ2n) is 17.4. The molecule has 4 aliphatic rings. The highest BCUT2D eigenvalue weighted by Crippen LogP contribution is 2.66. The molecule has 4 atom stereocenters. The fraction of sp³-hybridized carbons (Fsp3) is 0.417. The van der Waals surface area contributed by atoms with E-state index in [0.29, 0.717) is 77.9 Å². The van der Waals surface area contributed by atoms with Gasteiger partial charge in [0.05, 0.1) is 85.6 Å². The van der Waals surface area contributed by atoms with E-state index in [-0.39, 0.29) is 30.0 Å². The summed E-state index contributed by atoms with van der Waals surface area (Å²) >= 11 is 0. The van der Waals surface area contributed by atoms with Crippen LogP contribution in [0, 0.1) is 0 Å². The van der Waals surface area contributed by atoms with E-state index in [0.717, 1.165) is 30.4 Å². The summed E-state index contributed by atoms with van der Waals surface area (Å²) in [5.74, 6) is 0.769. The topological polar surface area (TPSA) is 55.4 Å². The van der Waals surface area contributed by atoms with Crippen LogP contribution in [-0.2, 0) is 41.3 Å². The van der Waals surface area contributed by atoms with Crippen LogP contribution in [0.1, 0.15) is 45.2 Å². The quantitative estimate of drug-likeness (QED) is 0.0539. The minimum absolute atomic E-state index is 0. The number of rotatable bonds is 17. The van der Waals surface area contributed by atoms with E-state index in [2.05, 4.69) is 43.4 Å². The maximum absolute atomic E-state index is 6.64. The van der Waals surface area contributed by atoms with Crippen LogP contribution in [0.15, 0.2) is 36.4 Å². The van der Waals surface area contributed by atoms with E-state index in [1.165, 1.54) is 38.2 Å². The monoisotopic (exact) mass is 859 g/mol. The first-order valence-corrected chi connectivity index (χ1v) is 20.5. The molecule has 9 aromatic carbocycles. The van der Waals surface area contributed by atoms with Gasteiger partial charge in [0.25, 0.3) is 0 Å². The van der Waals surface area contributed by atoms with E-state index in [9.17, 15) is 0 Å². The summed E-state index contributed by atoms with van der Waals surface area (Å²) in [6, 6.07) is 15.6. The summed E-state index contributed by atoms with van der Waals surface area (Å²) in [6.45, 7) is 8.15. The lowest BCUT2D eigenvalue weighted by molar-refractivity contribution is -0.923. The SMILES string of the molecule is COCCOCCOCC[N+]1(C)CC2c3cc4c5c6c(cc7ccc8cc9c%10c%11c(cc(c%12c3c5c(c%12%11)c3c6c7c8c%103)C2C1COCCOCCOC)C9)C4.[I-]. The second-order valence-corrected chi connectivity index (χ2v) is 17.4. The Labute approximate surface area is 342 Å². The minimum Gasteiger partial charge on any atom is -1.00 e. The predicted molar refractivity (Wildman–Crippen MR) is 220 cm³/mol. The minimum atomic E-state index is 0. The lowest BCUT2D eigenvalue weighted by atomic mass is 9.72. The summed E-state index contributed by atoms with van der Waals surface area (Å²) in [5.41, 5.74) is 9.31. The Hall–Kier alpha value is -3.19. The van der Waals surface area contributed by atoms with Gasteiger partial charge in [-0.15, -0.1) is 0 Å². The van der Waals surface area contributed by atoms with E-state index >= 15 is 0 Å². The largest absolute Gasteiger partial charge is 1.00 e. The highest BCUT2D eigenvalue weighted by molar-refractivity contribution is 6.58. The van der Waals surface area contributed by atoms with E-state index in [1.54, 1.807) is 95.5 Å². The molecule has 0 bridgehead atoms. The summed E-state index contributed by atoms with van der Waals surface area (Å²) in [6.07, 6.45) is 2.05. The third kappa shape index (κ3) is 4.22. The van der Waals surface area contributed by atoms with Gasteiger partial charge in [0.2, 0.25) is 0 Å². The molecule has 13 rings (SSSR count). The van der Waals surface area contributed by atoms with Crippen LogP contribution in [-0.4, -0.2) is 111 Å². The Morgan fingerprint density at radius 1 is 0.500 bits per heavy atom. The molecule has 0 spiro atoms. The van der Waals surface area contributed by atoms with E-state index < -0.39 is 0 Å². The van der Waals surface area contributed by atoms with Gasteiger partial charge in [-0.05, 0) is 132 Å². The second kappa shape index (κ2) is 12.4. The molecule has 0 aromatic heterocycles. The summed E-state index contributed by atoms with van der Waals surface area (Å²) in [7, 11) is 5.90. The Morgan fingerprint density at radius 2 is 0.946 bits per heavy atom. The molecule has 3 aliphatic carbocycles. The lowest BCUT2D eigenvalue weighted by Crippen LogP contribution is -3.00. The van der Waals surface area contributed by atoms with Gasteiger partial charge >= 0.3 is 0 Å². The molecule has 286 valence electrons. The zero-order valence-corrected chi connectivity index (χ0v) is 34.5. The van der Waals surface area contributed by atoms with Crippen molar-refractivity contribution in [1.82, 2.24) is 0 Å². The van der Waals surface area contributed by atoms with Crippen molar-refractivity contribution in [3.8, 4) is 0 Å². The third-order valence-corrected chi connectivity index (χ3v) is 14.9. The van der Waals surface area contributed by atoms with Crippen LogP contribution < -0.4 is 24.0 Å². The van der Waals surface area contributed by atoms with Crippen molar-refractivity contribution in [2.45, 2.75) is 30.7 Å². The Balaban J connectivity index is 0.00000345. The fourth-order valence-electron chi connectivity index (χ4n) is 12.9. The van der Waals surface area contributed by atoms with Crippen molar-refractivity contribution in [3.63, 3.8) is 0 Å². The van der Waals surface area contributed by atoms with Gasteiger partial charge in [-0.1, -0.05) is 36.4 Å². The average molecular weight is 860 g/mol. The number of nitrogens with zero attached hydrogens (tertiary/aromatic N) is 1. The Morgan fingerprint density at radius 3 is 1.52 bits per heavy atom. The van der Waals surface area contributed by atoms with Crippen molar-refractivity contribution in [2.24, 2.45) is 0 Å². The van der Waals surface area contributed by atoms with Crippen molar-refractivity contribution >= 4 is 86.2 Å². The van der Waals surface area contributed by atoms with Crippen molar-refractivity contribution in [3.05, 3.63) is 69.8 Å². The molecule has 1 heterocycles. The molecule has 0 saturated carbocycles. The van der Waals surface area contributed by atoms with Gasteiger partial charge in [0, 0.05) is 20.1 Å². The standard InChI is InChI=1S/C48H46NO6.HI/c1-49(6-7-52-12-13-53-10-8-50-2)22-32-30-20-28-18-26-16-24-4-5-25-17-27-19-29-21-31(40(32)33(49)23-55-15-14-54-11-9-51-3)42-41(30)45-38(28)36(26)43-34(24)35(25)44-37(27)39(29)46(42)48(45)47(43)44;/h4-5,16-17,20-21,32-33,40H,6-15,18-19,22-23H2,1-3H3;1H/q+1;/p-1. The van der Waals surface area contributed by atoms with Crippen LogP contribution in [0.25, 0.3) is 86.2 Å². The van der Waals surface area contributed by atoms with Crippen LogP contribution >= 0.6 is 0 Å². The van der Waals surface area contributed by atoms with Crippen molar-refractivity contribution in [1.29, 1.82) is 0 Å². The smallest absolute Gasteiger partial charge is 0.120 e. The molecule has 8 heteroatoms. The number of quaternary nitrogens is 1. The molecule has 1 fully saturated rings. The van der Waals surface area contributed by atoms with Gasteiger partial charge in [-0.3, -0.25) is 0 Å². The summed E-state index contributed by atoms with van der Waals surface area (Å²) in [4.78, 5) is 0. The number of likely N-dealkylation sites (tertiary alicyclic amines) is 1. The van der Waals surface area contributed by atoms with Crippen molar-refractivity contribution < 1.29 is 56.9 Å². The molecule has 1 saturated heterocycles. The number of hydrogen-bond acceptors (Lipinski definition) is 6.